The van der Waals surface area contributed by atoms with Crippen LogP contribution in [0, 0.1) is 6.92 Å². The van der Waals surface area contributed by atoms with E-state index in [0.717, 1.165) is 5.39 Å². The van der Waals surface area contributed by atoms with Crippen LogP contribution in [0.4, 0.5) is 0 Å². The molecule has 2 heterocycles. The Labute approximate surface area is 131 Å². The minimum absolute atomic E-state index is 0.0760. The first-order valence-corrected chi connectivity index (χ1v) is 6.83. The van der Waals surface area contributed by atoms with Crippen molar-refractivity contribution >= 4 is 22.8 Å². The molecule has 0 saturated carbocycles. The van der Waals surface area contributed by atoms with Gasteiger partial charge in [0.05, 0.1) is 5.52 Å². The molecule has 0 aliphatic rings. The molecule has 1 N–H and O–H groups in total. The molecule has 114 valence electrons. The first kappa shape index (κ1) is 14.6. The van der Waals surface area contributed by atoms with Gasteiger partial charge in [-0.25, -0.2) is 19.6 Å². The number of carbonyl (C=O) groups is 2. The van der Waals surface area contributed by atoms with Crippen LogP contribution < -0.4 is 4.74 Å². The molecule has 0 spiro atoms. The third-order valence-corrected chi connectivity index (χ3v) is 3.28. The normalized spacial score (nSPS) is 10.5. The van der Waals surface area contributed by atoms with Crippen molar-refractivity contribution in [3.05, 3.63) is 65.5 Å². The van der Waals surface area contributed by atoms with E-state index in [1.807, 2.05) is 18.2 Å². The van der Waals surface area contributed by atoms with Gasteiger partial charge in [0, 0.05) is 11.5 Å². The summed E-state index contributed by atoms with van der Waals surface area (Å²) in [5.74, 6) is -1.94. The van der Waals surface area contributed by atoms with Crippen molar-refractivity contribution in [1.82, 2.24) is 9.97 Å². The smallest absolute Gasteiger partial charge is 0.363 e. The van der Waals surface area contributed by atoms with Crippen molar-refractivity contribution in [3.8, 4) is 5.88 Å². The Kier molecular flexibility index (Phi) is 3.72. The van der Waals surface area contributed by atoms with Gasteiger partial charge < -0.3 is 9.84 Å². The molecule has 0 amide bonds. The maximum atomic E-state index is 12.2. The highest BCUT2D eigenvalue weighted by Gasteiger charge is 2.15. The van der Waals surface area contributed by atoms with E-state index >= 15 is 0 Å². The molecule has 6 nitrogen and oxygen atoms in total. The Balaban J connectivity index is 1.88. The molecule has 23 heavy (non-hydrogen) atoms. The van der Waals surface area contributed by atoms with Crippen LogP contribution in [-0.4, -0.2) is 27.0 Å². The monoisotopic (exact) mass is 308 g/mol. The number of fused-ring (bicyclic) bond motifs is 1. The maximum absolute atomic E-state index is 12.2. The Hall–Kier alpha value is -3.28. The van der Waals surface area contributed by atoms with Gasteiger partial charge in [0.15, 0.2) is 5.69 Å². The summed E-state index contributed by atoms with van der Waals surface area (Å²) in [6, 6.07) is 13.7. The van der Waals surface area contributed by atoms with Crippen molar-refractivity contribution in [3.63, 3.8) is 0 Å². The van der Waals surface area contributed by atoms with E-state index in [-0.39, 0.29) is 17.3 Å². The number of nitrogens with zero attached hydrogens (tertiary/aromatic N) is 2. The molecule has 3 aromatic rings. The SMILES string of the molecule is Cc1ccc(OC(=O)c2ccc3ccccc3n2)nc1C(=O)O. The summed E-state index contributed by atoms with van der Waals surface area (Å²) in [6.45, 7) is 1.62. The predicted molar refractivity (Wildman–Crippen MR) is 82.6 cm³/mol. The van der Waals surface area contributed by atoms with Crippen molar-refractivity contribution in [2.75, 3.05) is 0 Å². The molecule has 1 aromatic carbocycles. The number of benzene rings is 1. The average Bonchev–Trinajstić information content (AvgIpc) is 2.55. The van der Waals surface area contributed by atoms with Crippen LogP contribution in [0.5, 0.6) is 5.88 Å². The van der Waals surface area contributed by atoms with Gasteiger partial charge in [-0.15, -0.1) is 0 Å². The number of hydrogen-bond donors (Lipinski definition) is 1. The van der Waals surface area contributed by atoms with Gasteiger partial charge in [0.25, 0.3) is 0 Å². The number of aromatic carboxylic acids is 1. The molecular weight excluding hydrogens is 296 g/mol. The third kappa shape index (κ3) is 3.01. The van der Waals surface area contributed by atoms with Gasteiger partial charge >= 0.3 is 11.9 Å². The quantitative estimate of drug-likeness (QED) is 0.748. The van der Waals surface area contributed by atoms with E-state index in [2.05, 4.69) is 9.97 Å². The number of aryl methyl sites for hydroxylation is 1. The Bertz CT molecular complexity index is 921. The zero-order chi connectivity index (χ0) is 16.4. The van der Waals surface area contributed by atoms with E-state index in [4.69, 9.17) is 9.84 Å². The zero-order valence-electron chi connectivity index (χ0n) is 12.2. The maximum Gasteiger partial charge on any atom is 0.363 e. The van der Waals surface area contributed by atoms with Gasteiger partial charge in [-0.2, -0.15) is 0 Å². The van der Waals surface area contributed by atoms with E-state index < -0.39 is 11.9 Å². The highest BCUT2D eigenvalue weighted by Crippen LogP contribution is 2.16. The minimum atomic E-state index is -1.18. The lowest BCUT2D eigenvalue weighted by Crippen LogP contribution is -2.13. The Morgan fingerprint density at radius 2 is 1.78 bits per heavy atom. The lowest BCUT2D eigenvalue weighted by molar-refractivity contribution is 0.0673. The second kappa shape index (κ2) is 5.84. The molecule has 0 bridgehead atoms. The molecule has 0 aliphatic heterocycles. The number of carbonyl (C=O) groups excluding carboxylic acids is 1. The summed E-state index contributed by atoms with van der Waals surface area (Å²) in [5.41, 5.74) is 1.14. The van der Waals surface area contributed by atoms with Crippen molar-refractivity contribution in [2.24, 2.45) is 0 Å². The van der Waals surface area contributed by atoms with Crippen LogP contribution in [0.15, 0.2) is 48.5 Å². The second-order valence-corrected chi connectivity index (χ2v) is 4.90. The number of aromatic nitrogens is 2. The van der Waals surface area contributed by atoms with Crippen molar-refractivity contribution in [1.29, 1.82) is 0 Å². The summed E-state index contributed by atoms with van der Waals surface area (Å²) < 4.78 is 5.12. The van der Waals surface area contributed by atoms with Gasteiger partial charge in [0.2, 0.25) is 5.88 Å². The molecule has 0 fully saturated rings. The molecule has 6 heteroatoms. The van der Waals surface area contributed by atoms with Crippen LogP contribution in [-0.2, 0) is 0 Å². The predicted octanol–water partition coefficient (Wildman–Crippen LogP) is 2.86. The molecule has 0 unspecified atom stereocenters. The topological polar surface area (TPSA) is 89.4 Å². The lowest BCUT2D eigenvalue weighted by Gasteiger charge is -2.06. The first-order chi connectivity index (χ1) is 11.0. The van der Waals surface area contributed by atoms with Crippen LogP contribution in [0.25, 0.3) is 10.9 Å². The van der Waals surface area contributed by atoms with Crippen LogP contribution in [0.1, 0.15) is 26.5 Å². The van der Waals surface area contributed by atoms with Crippen LogP contribution in [0.2, 0.25) is 0 Å². The van der Waals surface area contributed by atoms with E-state index in [1.165, 1.54) is 12.1 Å². The molecule has 0 radical (unpaired) electrons. The molecule has 0 atom stereocenters. The Morgan fingerprint density at radius 3 is 2.57 bits per heavy atom. The fourth-order valence-corrected chi connectivity index (χ4v) is 2.11. The Morgan fingerprint density at radius 1 is 1.00 bits per heavy atom. The number of ether oxygens (including phenoxy) is 1. The molecule has 0 aliphatic carbocycles. The lowest BCUT2D eigenvalue weighted by atomic mass is 10.2. The largest absolute Gasteiger partial charge is 0.477 e. The summed E-state index contributed by atoms with van der Waals surface area (Å²) in [7, 11) is 0. The number of carboxylic acids is 1. The number of para-hydroxylation sites is 1. The van der Waals surface area contributed by atoms with E-state index in [1.54, 1.807) is 25.1 Å². The summed E-state index contributed by atoms with van der Waals surface area (Å²) in [4.78, 5) is 31.3. The fourth-order valence-electron chi connectivity index (χ4n) is 2.11. The first-order valence-electron chi connectivity index (χ1n) is 6.83. The summed E-state index contributed by atoms with van der Waals surface area (Å²) in [5, 5.41) is 9.95. The number of hydrogen-bond acceptors (Lipinski definition) is 5. The van der Waals surface area contributed by atoms with Gasteiger partial charge in [-0.3, -0.25) is 0 Å². The number of rotatable bonds is 3. The number of pyridine rings is 2. The standard InChI is InChI=1S/C17H12N2O4/c1-10-6-9-14(19-15(10)16(20)21)23-17(22)13-8-7-11-4-2-3-5-12(11)18-13/h2-9H,1H3,(H,20,21). The molecule has 2 aromatic heterocycles. The molecular formula is C17H12N2O4. The van der Waals surface area contributed by atoms with Crippen LogP contribution in [0.3, 0.4) is 0 Å². The minimum Gasteiger partial charge on any atom is -0.477 e. The fraction of sp³-hybridized carbons (Fsp3) is 0.0588. The van der Waals surface area contributed by atoms with Gasteiger partial charge in [0.1, 0.15) is 5.69 Å². The zero-order valence-corrected chi connectivity index (χ0v) is 12.2. The summed E-state index contributed by atoms with van der Waals surface area (Å²) in [6.07, 6.45) is 0. The van der Waals surface area contributed by atoms with E-state index in [9.17, 15) is 9.59 Å². The van der Waals surface area contributed by atoms with Gasteiger partial charge in [-0.1, -0.05) is 30.3 Å². The highest BCUT2D eigenvalue weighted by molar-refractivity contribution is 5.92. The molecule has 3 rings (SSSR count). The average molecular weight is 308 g/mol. The number of esters is 1. The second-order valence-electron chi connectivity index (χ2n) is 4.90. The van der Waals surface area contributed by atoms with E-state index in [0.29, 0.717) is 11.1 Å². The third-order valence-electron chi connectivity index (χ3n) is 3.28. The van der Waals surface area contributed by atoms with Crippen molar-refractivity contribution in [2.45, 2.75) is 6.92 Å². The van der Waals surface area contributed by atoms with Crippen molar-refractivity contribution < 1.29 is 19.4 Å². The highest BCUT2D eigenvalue weighted by atomic mass is 16.5. The summed E-state index contributed by atoms with van der Waals surface area (Å²) >= 11 is 0. The molecule has 0 saturated heterocycles. The van der Waals surface area contributed by atoms with Crippen LogP contribution >= 0.6 is 0 Å². The van der Waals surface area contributed by atoms with Gasteiger partial charge in [-0.05, 0) is 24.6 Å². The number of carboxylic acid groups (broad SMARTS) is 1.